The number of benzene rings is 1. The van der Waals surface area contributed by atoms with Gasteiger partial charge in [0.2, 0.25) is 0 Å². The van der Waals surface area contributed by atoms with E-state index in [4.69, 9.17) is 5.26 Å². The molecule has 1 heterocycles. The van der Waals surface area contributed by atoms with E-state index in [2.05, 4.69) is 10.3 Å². The molecule has 0 saturated heterocycles. The van der Waals surface area contributed by atoms with Crippen LogP contribution in [-0.4, -0.2) is 25.0 Å². The van der Waals surface area contributed by atoms with Gasteiger partial charge >= 0.3 is 0 Å². The zero-order chi connectivity index (χ0) is 13.8. The van der Waals surface area contributed by atoms with Crippen molar-refractivity contribution in [2.45, 2.75) is 0 Å². The second-order valence-electron chi connectivity index (χ2n) is 4.04. The molecular weight excluding hydrogens is 260 g/mol. The molecule has 2 rings (SSSR count). The van der Waals surface area contributed by atoms with Crippen LogP contribution in [-0.2, 0) is 0 Å². The summed E-state index contributed by atoms with van der Waals surface area (Å²) in [5, 5.41) is 11.8. The summed E-state index contributed by atoms with van der Waals surface area (Å²) in [6, 6.07) is 9.27. The van der Waals surface area contributed by atoms with Gasteiger partial charge in [-0.15, -0.1) is 0 Å². The lowest BCUT2D eigenvalue weighted by molar-refractivity contribution is 0.102. The van der Waals surface area contributed by atoms with Crippen LogP contribution in [0.4, 0.5) is 10.8 Å². The average molecular weight is 272 g/mol. The molecule has 19 heavy (non-hydrogen) atoms. The Morgan fingerprint density at radius 1 is 1.47 bits per heavy atom. The first-order chi connectivity index (χ1) is 9.10. The molecule has 0 spiro atoms. The van der Waals surface area contributed by atoms with Gasteiger partial charge in [0.25, 0.3) is 5.91 Å². The fraction of sp³-hybridized carbons (Fsp3) is 0.154. The molecule has 0 fully saturated rings. The van der Waals surface area contributed by atoms with Crippen molar-refractivity contribution in [2.24, 2.45) is 0 Å². The van der Waals surface area contributed by atoms with E-state index in [1.165, 1.54) is 6.20 Å². The highest BCUT2D eigenvalue weighted by atomic mass is 32.1. The number of carbonyl (C=O) groups is 1. The molecule has 5 nitrogen and oxygen atoms in total. The summed E-state index contributed by atoms with van der Waals surface area (Å²) in [4.78, 5) is 18.4. The molecule has 1 aromatic carbocycles. The molecule has 1 aromatic heterocycles. The van der Waals surface area contributed by atoms with Crippen molar-refractivity contribution < 1.29 is 4.79 Å². The van der Waals surface area contributed by atoms with Crippen molar-refractivity contribution in [3.05, 3.63) is 40.9 Å². The highest BCUT2D eigenvalue weighted by molar-refractivity contribution is 7.16. The standard InChI is InChI=1S/C13H12N4OS/c1-17(2)10-5-3-4-9(6-10)12(18)16-13-15-8-11(7-14)19-13/h3-6,8H,1-2H3,(H,15,16,18). The van der Waals surface area contributed by atoms with Crippen molar-refractivity contribution in [3.8, 4) is 6.07 Å². The Morgan fingerprint density at radius 3 is 2.89 bits per heavy atom. The molecule has 0 radical (unpaired) electrons. The highest BCUT2D eigenvalue weighted by Gasteiger charge is 2.10. The number of rotatable bonds is 3. The Morgan fingerprint density at radius 2 is 2.26 bits per heavy atom. The summed E-state index contributed by atoms with van der Waals surface area (Å²) in [7, 11) is 3.83. The van der Waals surface area contributed by atoms with Crippen LogP contribution >= 0.6 is 11.3 Å². The normalized spacial score (nSPS) is 9.74. The Labute approximate surface area is 115 Å². The van der Waals surface area contributed by atoms with Gasteiger partial charge in [-0.3, -0.25) is 10.1 Å². The number of nitrogens with one attached hydrogen (secondary N) is 1. The third-order valence-electron chi connectivity index (χ3n) is 2.46. The Kier molecular flexibility index (Phi) is 3.78. The highest BCUT2D eigenvalue weighted by Crippen LogP contribution is 2.19. The van der Waals surface area contributed by atoms with Crippen LogP contribution in [0, 0.1) is 11.3 Å². The van der Waals surface area contributed by atoms with E-state index in [9.17, 15) is 4.79 Å². The van der Waals surface area contributed by atoms with Crippen molar-refractivity contribution in [2.75, 3.05) is 24.3 Å². The first-order valence-corrected chi connectivity index (χ1v) is 6.36. The van der Waals surface area contributed by atoms with Gasteiger partial charge in [-0.1, -0.05) is 17.4 Å². The van der Waals surface area contributed by atoms with Crippen LogP contribution in [0.25, 0.3) is 0 Å². The molecule has 0 saturated carbocycles. The molecule has 6 heteroatoms. The van der Waals surface area contributed by atoms with E-state index in [-0.39, 0.29) is 5.91 Å². The fourth-order valence-electron chi connectivity index (χ4n) is 1.48. The van der Waals surface area contributed by atoms with Crippen LogP contribution in [0.3, 0.4) is 0 Å². The second kappa shape index (κ2) is 5.50. The van der Waals surface area contributed by atoms with Gasteiger partial charge in [0, 0.05) is 25.3 Å². The third-order valence-corrected chi connectivity index (χ3v) is 3.28. The minimum atomic E-state index is -0.234. The van der Waals surface area contributed by atoms with Gasteiger partial charge < -0.3 is 4.90 Å². The van der Waals surface area contributed by atoms with E-state index >= 15 is 0 Å². The molecule has 0 aliphatic rings. The summed E-state index contributed by atoms with van der Waals surface area (Å²) >= 11 is 1.15. The minimum absolute atomic E-state index is 0.234. The maximum atomic E-state index is 12.0. The largest absolute Gasteiger partial charge is 0.378 e. The second-order valence-corrected chi connectivity index (χ2v) is 5.07. The molecule has 0 bridgehead atoms. The predicted octanol–water partition coefficient (Wildman–Crippen LogP) is 2.33. The topological polar surface area (TPSA) is 69.0 Å². The van der Waals surface area contributed by atoms with Gasteiger partial charge in [0.15, 0.2) is 5.13 Å². The lowest BCUT2D eigenvalue weighted by Crippen LogP contribution is -2.14. The van der Waals surface area contributed by atoms with E-state index in [1.807, 2.05) is 37.2 Å². The minimum Gasteiger partial charge on any atom is -0.378 e. The van der Waals surface area contributed by atoms with E-state index < -0.39 is 0 Å². The van der Waals surface area contributed by atoms with E-state index in [1.54, 1.807) is 12.1 Å². The third kappa shape index (κ3) is 3.09. The molecule has 0 aliphatic carbocycles. The number of carbonyl (C=O) groups excluding carboxylic acids is 1. The lowest BCUT2D eigenvalue weighted by atomic mass is 10.2. The number of nitrogens with zero attached hydrogens (tertiary/aromatic N) is 3. The summed E-state index contributed by atoms with van der Waals surface area (Å²) in [6.07, 6.45) is 1.44. The number of nitriles is 1. The number of thiazole rings is 1. The van der Waals surface area contributed by atoms with Crippen molar-refractivity contribution in [1.82, 2.24) is 4.98 Å². The number of amides is 1. The predicted molar refractivity (Wildman–Crippen MR) is 75.6 cm³/mol. The zero-order valence-corrected chi connectivity index (χ0v) is 11.4. The summed E-state index contributed by atoms with van der Waals surface area (Å²) < 4.78 is 0. The molecule has 0 unspecified atom stereocenters. The van der Waals surface area contributed by atoms with Crippen LogP contribution in [0.15, 0.2) is 30.5 Å². The van der Waals surface area contributed by atoms with E-state index in [0.717, 1.165) is 17.0 Å². The Hall–Kier alpha value is -2.39. The first kappa shape index (κ1) is 13.1. The van der Waals surface area contributed by atoms with Crippen LogP contribution in [0.5, 0.6) is 0 Å². The van der Waals surface area contributed by atoms with Crippen LogP contribution in [0.1, 0.15) is 15.2 Å². The maximum absolute atomic E-state index is 12.0. The summed E-state index contributed by atoms with van der Waals surface area (Å²) in [6.45, 7) is 0. The smallest absolute Gasteiger partial charge is 0.257 e. The van der Waals surface area contributed by atoms with Crippen molar-refractivity contribution >= 4 is 28.1 Å². The summed E-state index contributed by atoms with van der Waals surface area (Å²) in [5.41, 5.74) is 1.50. The molecule has 0 atom stereocenters. The van der Waals surface area contributed by atoms with Crippen molar-refractivity contribution in [3.63, 3.8) is 0 Å². The molecule has 1 N–H and O–H groups in total. The number of aromatic nitrogens is 1. The molecule has 1 amide bonds. The van der Waals surface area contributed by atoms with Gasteiger partial charge in [-0.2, -0.15) is 5.26 Å². The monoisotopic (exact) mass is 272 g/mol. The number of hydrogen-bond acceptors (Lipinski definition) is 5. The molecule has 96 valence electrons. The first-order valence-electron chi connectivity index (χ1n) is 5.55. The van der Waals surface area contributed by atoms with Gasteiger partial charge in [-0.25, -0.2) is 4.98 Å². The average Bonchev–Trinajstić information content (AvgIpc) is 2.86. The zero-order valence-electron chi connectivity index (χ0n) is 10.5. The van der Waals surface area contributed by atoms with Gasteiger partial charge in [-0.05, 0) is 18.2 Å². The lowest BCUT2D eigenvalue weighted by Gasteiger charge is -2.13. The molecule has 2 aromatic rings. The number of anilines is 2. The SMILES string of the molecule is CN(C)c1cccc(C(=O)Nc2ncc(C#N)s2)c1. The fourth-order valence-corrected chi connectivity index (χ4v) is 2.09. The summed E-state index contributed by atoms with van der Waals surface area (Å²) in [5.74, 6) is -0.234. The van der Waals surface area contributed by atoms with Crippen LogP contribution < -0.4 is 10.2 Å². The Balaban J connectivity index is 2.16. The molecular formula is C13H12N4OS. The molecule has 0 aliphatic heterocycles. The van der Waals surface area contributed by atoms with Gasteiger partial charge in [0.1, 0.15) is 10.9 Å². The maximum Gasteiger partial charge on any atom is 0.257 e. The van der Waals surface area contributed by atoms with E-state index in [0.29, 0.717) is 15.6 Å². The quantitative estimate of drug-likeness (QED) is 0.931. The van der Waals surface area contributed by atoms with Gasteiger partial charge in [0.05, 0.1) is 6.20 Å². The Bertz CT molecular complexity index is 642. The number of hydrogen-bond donors (Lipinski definition) is 1. The van der Waals surface area contributed by atoms with Crippen molar-refractivity contribution in [1.29, 1.82) is 5.26 Å². The van der Waals surface area contributed by atoms with Crippen LogP contribution in [0.2, 0.25) is 0 Å².